The van der Waals surface area contributed by atoms with Gasteiger partial charge in [0.25, 0.3) is 0 Å². The van der Waals surface area contributed by atoms with E-state index < -0.39 is 6.10 Å². The molecule has 0 bridgehead atoms. The Labute approximate surface area is 115 Å². The lowest BCUT2D eigenvalue weighted by Gasteiger charge is -2.10. The van der Waals surface area contributed by atoms with E-state index in [9.17, 15) is 9.50 Å². The molecule has 1 atom stereocenters. The second-order valence-corrected chi connectivity index (χ2v) is 4.74. The molecule has 102 valence electrons. The number of aliphatic hydroxyl groups excluding tert-OH is 1. The zero-order valence-corrected chi connectivity index (χ0v) is 11.3. The topological polar surface area (TPSA) is 50.9 Å². The molecule has 0 aliphatic carbocycles. The average Bonchev–Trinajstić information content (AvgIpc) is 2.80. The summed E-state index contributed by atoms with van der Waals surface area (Å²) in [7, 11) is 0. The Morgan fingerprint density at radius 2 is 2.26 bits per heavy atom. The SMILES string of the molecule is CC[C@@H](O)Cn1ncnc1Cc1ccc(F)cc1Cl. The van der Waals surface area contributed by atoms with Crippen molar-refractivity contribution in [2.75, 3.05) is 0 Å². The number of aliphatic hydroxyl groups is 1. The zero-order valence-electron chi connectivity index (χ0n) is 10.6. The number of benzene rings is 1. The Morgan fingerprint density at radius 1 is 1.47 bits per heavy atom. The Hall–Kier alpha value is -1.46. The van der Waals surface area contributed by atoms with E-state index in [1.54, 1.807) is 10.7 Å². The van der Waals surface area contributed by atoms with Crippen molar-refractivity contribution < 1.29 is 9.50 Å². The van der Waals surface area contributed by atoms with Crippen molar-refractivity contribution in [3.05, 3.63) is 46.8 Å². The Bertz CT molecular complexity index is 559. The number of rotatable bonds is 5. The van der Waals surface area contributed by atoms with Crippen LogP contribution in [0.15, 0.2) is 24.5 Å². The van der Waals surface area contributed by atoms with Gasteiger partial charge in [0.15, 0.2) is 0 Å². The van der Waals surface area contributed by atoms with Crippen molar-refractivity contribution in [1.82, 2.24) is 14.8 Å². The summed E-state index contributed by atoms with van der Waals surface area (Å²) in [4.78, 5) is 4.15. The summed E-state index contributed by atoms with van der Waals surface area (Å²) < 4.78 is 14.6. The Balaban J connectivity index is 2.17. The van der Waals surface area contributed by atoms with E-state index in [0.29, 0.717) is 30.2 Å². The van der Waals surface area contributed by atoms with Gasteiger partial charge in [0.2, 0.25) is 0 Å². The Morgan fingerprint density at radius 3 is 2.95 bits per heavy atom. The molecule has 1 aromatic heterocycles. The van der Waals surface area contributed by atoms with E-state index in [1.165, 1.54) is 18.5 Å². The van der Waals surface area contributed by atoms with Crippen LogP contribution in [-0.2, 0) is 13.0 Å². The molecule has 19 heavy (non-hydrogen) atoms. The van der Waals surface area contributed by atoms with Crippen LogP contribution in [0.4, 0.5) is 4.39 Å². The first-order valence-electron chi connectivity index (χ1n) is 6.08. The lowest BCUT2D eigenvalue weighted by molar-refractivity contribution is 0.144. The minimum atomic E-state index is -0.455. The highest BCUT2D eigenvalue weighted by atomic mass is 35.5. The highest BCUT2D eigenvalue weighted by Crippen LogP contribution is 2.19. The molecule has 0 saturated heterocycles. The number of halogens is 2. The summed E-state index contributed by atoms with van der Waals surface area (Å²) in [6.45, 7) is 2.29. The predicted octanol–water partition coefficient (Wildman–Crippen LogP) is 2.43. The normalized spacial score (nSPS) is 12.6. The average molecular weight is 284 g/mol. The van der Waals surface area contributed by atoms with Crippen molar-refractivity contribution in [3.8, 4) is 0 Å². The molecule has 0 unspecified atom stereocenters. The summed E-state index contributed by atoms with van der Waals surface area (Å²) in [6, 6.07) is 4.27. The number of aromatic nitrogens is 3. The lowest BCUT2D eigenvalue weighted by Crippen LogP contribution is -2.18. The molecule has 0 aliphatic heterocycles. The summed E-state index contributed by atoms with van der Waals surface area (Å²) in [5, 5.41) is 14.1. The van der Waals surface area contributed by atoms with E-state index in [-0.39, 0.29) is 5.82 Å². The molecule has 1 heterocycles. The number of hydrogen-bond donors (Lipinski definition) is 1. The van der Waals surface area contributed by atoms with Crippen LogP contribution in [0, 0.1) is 5.82 Å². The first kappa shape index (κ1) is 14.0. The van der Waals surface area contributed by atoms with E-state index in [0.717, 1.165) is 5.56 Å². The van der Waals surface area contributed by atoms with Crippen molar-refractivity contribution in [3.63, 3.8) is 0 Å². The third kappa shape index (κ3) is 3.52. The summed E-state index contributed by atoms with van der Waals surface area (Å²) >= 11 is 5.98. The van der Waals surface area contributed by atoms with Crippen LogP contribution in [0.1, 0.15) is 24.7 Å². The van der Waals surface area contributed by atoms with Crippen molar-refractivity contribution in [2.45, 2.75) is 32.4 Å². The maximum Gasteiger partial charge on any atom is 0.138 e. The van der Waals surface area contributed by atoms with E-state index in [2.05, 4.69) is 10.1 Å². The summed E-state index contributed by atoms with van der Waals surface area (Å²) in [5.41, 5.74) is 0.781. The maximum absolute atomic E-state index is 13.0. The van der Waals surface area contributed by atoms with E-state index >= 15 is 0 Å². The molecular weight excluding hydrogens is 269 g/mol. The van der Waals surface area contributed by atoms with Crippen LogP contribution in [0.5, 0.6) is 0 Å². The third-order valence-electron chi connectivity index (χ3n) is 2.91. The van der Waals surface area contributed by atoms with Crippen LogP contribution in [0.2, 0.25) is 5.02 Å². The van der Waals surface area contributed by atoms with Gasteiger partial charge in [-0.25, -0.2) is 14.1 Å². The number of nitrogens with zero attached hydrogens (tertiary/aromatic N) is 3. The number of hydrogen-bond acceptors (Lipinski definition) is 3. The fraction of sp³-hybridized carbons (Fsp3) is 0.385. The van der Waals surface area contributed by atoms with Crippen LogP contribution in [0.25, 0.3) is 0 Å². The smallest absolute Gasteiger partial charge is 0.138 e. The summed E-state index contributed by atoms with van der Waals surface area (Å²) in [6.07, 6.45) is 2.09. The molecule has 0 fully saturated rings. The van der Waals surface area contributed by atoms with E-state index in [4.69, 9.17) is 11.6 Å². The van der Waals surface area contributed by atoms with Crippen LogP contribution in [0.3, 0.4) is 0 Å². The second kappa shape index (κ2) is 6.12. The monoisotopic (exact) mass is 283 g/mol. The van der Waals surface area contributed by atoms with Crippen molar-refractivity contribution in [1.29, 1.82) is 0 Å². The van der Waals surface area contributed by atoms with Gasteiger partial charge >= 0.3 is 0 Å². The van der Waals surface area contributed by atoms with Gasteiger partial charge in [-0.15, -0.1) is 0 Å². The molecule has 0 spiro atoms. The molecule has 0 radical (unpaired) electrons. The molecule has 1 N–H and O–H groups in total. The fourth-order valence-electron chi connectivity index (χ4n) is 1.74. The lowest BCUT2D eigenvalue weighted by atomic mass is 10.1. The Kier molecular flexibility index (Phi) is 4.50. The van der Waals surface area contributed by atoms with Gasteiger partial charge in [0.1, 0.15) is 18.0 Å². The molecule has 1 aromatic carbocycles. The molecule has 4 nitrogen and oxygen atoms in total. The predicted molar refractivity (Wildman–Crippen MR) is 70.5 cm³/mol. The quantitative estimate of drug-likeness (QED) is 0.917. The van der Waals surface area contributed by atoms with Gasteiger partial charge in [-0.2, -0.15) is 5.10 Å². The maximum atomic E-state index is 13.0. The van der Waals surface area contributed by atoms with Crippen molar-refractivity contribution >= 4 is 11.6 Å². The molecule has 6 heteroatoms. The van der Waals surface area contributed by atoms with Gasteiger partial charge < -0.3 is 5.11 Å². The molecule has 0 amide bonds. The van der Waals surface area contributed by atoms with Crippen molar-refractivity contribution in [2.24, 2.45) is 0 Å². The molecular formula is C13H15ClFN3O. The van der Waals surface area contributed by atoms with Gasteiger partial charge in [-0.05, 0) is 24.1 Å². The standard InChI is InChI=1S/C13H15ClFN3O/c1-2-11(19)7-18-13(16-8-17-18)5-9-3-4-10(15)6-12(9)14/h3-4,6,8,11,19H,2,5,7H2,1H3/t11-/m1/s1. The van der Waals surface area contributed by atoms with Gasteiger partial charge in [-0.3, -0.25) is 0 Å². The van der Waals surface area contributed by atoms with Gasteiger partial charge in [-0.1, -0.05) is 24.6 Å². The fourth-order valence-corrected chi connectivity index (χ4v) is 1.98. The molecule has 2 aromatic rings. The summed E-state index contributed by atoms with van der Waals surface area (Å²) in [5.74, 6) is 0.331. The van der Waals surface area contributed by atoms with Gasteiger partial charge in [0.05, 0.1) is 12.6 Å². The van der Waals surface area contributed by atoms with E-state index in [1.807, 2.05) is 6.92 Å². The minimum absolute atomic E-state index is 0.364. The first-order valence-corrected chi connectivity index (χ1v) is 6.46. The molecule has 0 saturated carbocycles. The van der Waals surface area contributed by atoms with Crippen LogP contribution < -0.4 is 0 Å². The van der Waals surface area contributed by atoms with Crippen LogP contribution >= 0.6 is 11.6 Å². The van der Waals surface area contributed by atoms with Crippen LogP contribution in [-0.4, -0.2) is 26.0 Å². The van der Waals surface area contributed by atoms with Gasteiger partial charge in [0, 0.05) is 11.4 Å². The highest BCUT2D eigenvalue weighted by molar-refractivity contribution is 6.31. The second-order valence-electron chi connectivity index (χ2n) is 4.33. The zero-order chi connectivity index (χ0) is 13.8. The molecule has 2 rings (SSSR count). The minimum Gasteiger partial charge on any atom is -0.391 e. The highest BCUT2D eigenvalue weighted by Gasteiger charge is 2.11. The third-order valence-corrected chi connectivity index (χ3v) is 3.27. The first-order chi connectivity index (χ1) is 9.10. The largest absolute Gasteiger partial charge is 0.391 e. The molecule has 0 aliphatic rings.